The summed E-state index contributed by atoms with van der Waals surface area (Å²) in [5.74, 6) is 0.400. The molecule has 0 fully saturated rings. The number of amides is 1. The first-order chi connectivity index (χ1) is 10.6. The number of carbonyl (C=O) groups excluding carboxylic acids is 1. The normalized spacial score (nSPS) is 11.0. The lowest BCUT2D eigenvalue weighted by Crippen LogP contribution is -2.27. The molecule has 3 rings (SSSR count). The molecule has 22 heavy (non-hydrogen) atoms. The van der Waals surface area contributed by atoms with Gasteiger partial charge in [-0.15, -0.1) is 0 Å². The van der Waals surface area contributed by atoms with Gasteiger partial charge in [0.2, 0.25) is 5.91 Å². The molecule has 0 unspecified atom stereocenters. The fraction of sp³-hybridized carbons (Fsp3) is 0.286. The maximum atomic E-state index is 12.2. The van der Waals surface area contributed by atoms with Gasteiger partial charge in [-0.1, -0.05) is 0 Å². The summed E-state index contributed by atoms with van der Waals surface area (Å²) in [5.41, 5.74) is 7.96. The summed E-state index contributed by atoms with van der Waals surface area (Å²) < 4.78 is 1.81. The molecule has 0 aliphatic heterocycles. The fourth-order valence-corrected chi connectivity index (χ4v) is 2.28. The summed E-state index contributed by atoms with van der Waals surface area (Å²) in [6.07, 6.45) is 5.24. The average molecular weight is 299 g/mol. The van der Waals surface area contributed by atoms with E-state index in [0.29, 0.717) is 36.5 Å². The third-order valence-electron chi connectivity index (χ3n) is 3.49. The molecular formula is C14H17N7O. The number of nitrogens with one attached hydrogen (secondary N) is 1. The molecule has 3 N–H and O–H groups in total. The Bertz CT molecular complexity index is 778. The Labute approximate surface area is 127 Å². The lowest BCUT2D eigenvalue weighted by Gasteiger charge is -2.16. The minimum Gasteiger partial charge on any atom is -0.382 e. The molecule has 1 amide bonds. The van der Waals surface area contributed by atoms with Gasteiger partial charge >= 0.3 is 0 Å². The van der Waals surface area contributed by atoms with Crippen LogP contribution >= 0.6 is 0 Å². The number of hydrogen-bond donors (Lipinski definition) is 2. The molecule has 3 aromatic heterocycles. The molecule has 8 heteroatoms. The molecule has 0 radical (unpaired) electrons. The second-order valence-electron chi connectivity index (χ2n) is 5.06. The van der Waals surface area contributed by atoms with Gasteiger partial charge in [-0.25, -0.2) is 15.0 Å². The average Bonchev–Trinajstić information content (AvgIpc) is 3.15. The van der Waals surface area contributed by atoms with Gasteiger partial charge in [-0.05, 0) is 12.1 Å². The zero-order valence-corrected chi connectivity index (χ0v) is 12.2. The standard InChI is InChI=1S/C14H17N7O/c1-20(7-10-3-2-5-16-10)11(22)4-6-21-9-19-12-13(15)17-8-18-14(12)21/h2-3,5,8-9,16H,4,6-7H2,1H3,(H2,15,17,18). The molecule has 0 bridgehead atoms. The molecule has 0 saturated carbocycles. The molecule has 0 spiro atoms. The van der Waals surface area contributed by atoms with Crippen molar-refractivity contribution < 1.29 is 4.79 Å². The van der Waals surface area contributed by atoms with Crippen LogP contribution in [-0.4, -0.2) is 42.4 Å². The highest BCUT2D eigenvalue weighted by molar-refractivity contribution is 5.81. The van der Waals surface area contributed by atoms with E-state index in [1.54, 1.807) is 18.3 Å². The summed E-state index contributed by atoms with van der Waals surface area (Å²) in [5, 5.41) is 0. The van der Waals surface area contributed by atoms with Crippen LogP contribution in [0.25, 0.3) is 11.2 Å². The van der Waals surface area contributed by atoms with Crippen LogP contribution in [-0.2, 0) is 17.9 Å². The van der Waals surface area contributed by atoms with Crippen LogP contribution in [0, 0.1) is 0 Å². The minimum atomic E-state index is 0.0541. The first-order valence-electron chi connectivity index (χ1n) is 6.92. The van der Waals surface area contributed by atoms with Crippen molar-refractivity contribution >= 4 is 22.9 Å². The Hall–Kier alpha value is -2.90. The molecule has 0 atom stereocenters. The van der Waals surface area contributed by atoms with Crippen molar-refractivity contribution in [2.24, 2.45) is 0 Å². The monoisotopic (exact) mass is 299 g/mol. The van der Waals surface area contributed by atoms with Crippen LogP contribution in [0.2, 0.25) is 0 Å². The van der Waals surface area contributed by atoms with Crippen molar-refractivity contribution in [2.75, 3.05) is 12.8 Å². The Morgan fingerprint density at radius 1 is 1.41 bits per heavy atom. The number of nitrogen functional groups attached to an aromatic ring is 1. The molecular weight excluding hydrogens is 282 g/mol. The first-order valence-corrected chi connectivity index (χ1v) is 6.92. The van der Waals surface area contributed by atoms with E-state index in [-0.39, 0.29) is 5.91 Å². The number of H-pyrrole nitrogens is 1. The van der Waals surface area contributed by atoms with Gasteiger partial charge in [-0.2, -0.15) is 0 Å². The molecule has 114 valence electrons. The Morgan fingerprint density at radius 2 is 2.27 bits per heavy atom. The molecule has 3 aromatic rings. The molecule has 0 saturated heterocycles. The van der Waals surface area contributed by atoms with Crippen LogP contribution < -0.4 is 5.73 Å². The fourth-order valence-electron chi connectivity index (χ4n) is 2.28. The number of anilines is 1. The first kappa shape index (κ1) is 14.1. The highest BCUT2D eigenvalue weighted by Gasteiger charge is 2.12. The topological polar surface area (TPSA) is 106 Å². The summed E-state index contributed by atoms with van der Waals surface area (Å²) >= 11 is 0. The third-order valence-corrected chi connectivity index (χ3v) is 3.49. The van der Waals surface area contributed by atoms with Gasteiger partial charge in [0.25, 0.3) is 0 Å². The van der Waals surface area contributed by atoms with Crippen molar-refractivity contribution in [1.82, 2.24) is 29.4 Å². The Morgan fingerprint density at radius 3 is 3.05 bits per heavy atom. The minimum absolute atomic E-state index is 0.0541. The number of nitrogens with two attached hydrogens (primary N) is 1. The van der Waals surface area contributed by atoms with Crippen LogP contribution in [0.15, 0.2) is 31.0 Å². The number of fused-ring (bicyclic) bond motifs is 1. The van der Waals surface area contributed by atoms with Crippen LogP contribution in [0.3, 0.4) is 0 Å². The van der Waals surface area contributed by atoms with Gasteiger partial charge in [0.05, 0.1) is 12.9 Å². The number of aromatic nitrogens is 5. The van der Waals surface area contributed by atoms with Gasteiger partial charge < -0.3 is 20.2 Å². The van der Waals surface area contributed by atoms with Crippen molar-refractivity contribution in [3.8, 4) is 0 Å². The summed E-state index contributed by atoms with van der Waals surface area (Å²) in [4.78, 5) is 29.2. The van der Waals surface area contributed by atoms with E-state index in [1.807, 2.05) is 22.9 Å². The molecule has 0 aliphatic rings. The number of rotatable bonds is 5. The molecule has 3 heterocycles. The van der Waals surface area contributed by atoms with Crippen molar-refractivity contribution in [1.29, 1.82) is 0 Å². The second kappa shape index (κ2) is 5.84. The number of carbonyl (C=O) groups is 1. The maximum absolute atomic E-state index is 12.2. The smallest absolute Gasteiger partial charge is 0.224 e. The largest absolute Gasteiger partial charge is 0.382 e. The van der Waals surface area contributed by atoms with Gasteiger partial charge in [0.1, 0.15) is 11.8 Å². The van der Waals surface area contributed by atoms with E-state index >= 15 is 0 Å². The molecule has 8 nitrogen and oxygen atoms in total. The molecule has 0 aromatic carbocycles. The number of hydrogen-bond acceptors (Lipinski definition) is 5. The van der Waals surface area contributed by atoms with Crippen molar-refractivity contribution in [2.45, 2.75) is 19.5 Å². The number of imidazole rings is 1. The van der Waals surface area contributed by atoms with E-state index in [2.05, 4.69) is 19.9 Å². The van der Waals surface area contributed by atoms with Gasteiger partial charge in [-0.3, -0.25) is 4.79 Å². The maximum Gasteiger partial charge on any atom is 0.224 e. The second-order valence-corrected chi connectivity index (χ2v) is 5.06. The van der Waals surface area contributed by atoms with Crippen molar-refractivity contribution in [3.63, 3.8) is 0 Å². The predicted molar refractivity (Wildman–Crippen MR) is 81.6 cm³/mol. The van der Waals surface area contributed by atoms with E-state index in [1.165, 1.54) is 6.33 Å². The van der Waals surface area contributed by atoms with E-state index < -0.39 is 0 Å². The molecule has 0 aliphatic carbocycles. The van der Waals surface area contributed by atoms with Gasteiger partial charge in [0.15, 0.2) is 11.5 Å². The number of nitrogens with zero attached hydrogens (tertiary/aromatic N) is 5. The van der Waals surface area contributed by atoms with Crippen LogP contribution in [0.1, 0.15) is 12.1 Å². The lowest BCUT2D eigenvalue weighted by molar-refractivity contribution is -0.130. The SMILES string of the molecule is CN(Cc1ccc[nH]1)C(=O)CCn1cnc2c(N)ncnc21. The Balaban J connectivity index is 1.63. The number of aryl methyl sites for hydroxylation is 1. The van der Waals surface area contributed by atoms with Crippen LogP contribution in [0.4, 0.5) is 5.82 Å². The van der Waals surface area contributed by atoms with Crippen molar-refractivity contribution in [3.05, 3.63) is 36.7 Å². The van der Waals surface area contributed by atoms with Crippen LogP contribution in [0.5, 0.6) is 0 Å². The third kappa shape index (κ3) is 2.76. The van der Waals surface area contributed by atoms with E-state index in [0.717, 1.165) is 5.69 Å². The summed E-state index contributed by atoms with van der Waals surface area (Å²) in [6, 6.07) is 3.86. The van der Waals surface area contributed by atoms with Gasteiger partial charge in [0, 0.05) is 31.9 Å². The lowest BCUT2D eigenvalue weighted by atomic mass is 10.3. The predicted octanol–water partition coefficient (Wildman–Crippen LogP) is 0.785. The zero-order chi connectivity index (χ0) is 15.5. The highest BCUT2D eigenvalue weighted by atomic mass is 16.2. The summed E-state index contributed by atoms with van der Waals surface area (Å²) in [6.45, 7) is 1.06. The number of aromatic amines is 1. The van der Waals surface area contributed by atoms with E-state index in [9.17, 15) is 4.79 Å². The highest BCUT2D eigenvalue weighted by Crippen LogP contribution is 2.14. The summed E-state index contributed by atoms with van der Waals surface area (Å²) in [7, 11) is 1.79. The quantitative estimate of drug-likeness (QED) is 0.724. The van der Waals surface area contributed by atoms with E-state index in [4.69, 9.17) is 5.73 Å². The zero-order valence-electron chi connectivity index (χ0n) is 12.2. The Kier molecular flexibility index (Phi) is 3.73.